The highest BCUT2D eigenvalue weighted by Crippen LogP contribution is 2.18. The van der Waals surface area contributed by atoms with E-state index in [2.05, 4.69) is 17.1 Å². The van der Waals surface area contributed by atoms with Gasteiger partial charge in [-0.2, -0.15) is 0 Å². The minimum absolute atomic E-state index is 0.113. The third kappa shape index (κ3) is 3.11. The number of hydrogen-bond acceptors (Lipinski definition) is 4. The minimum Gasteiger partial charge on any atom is -0.497 e. The zero-order valence-electron chi connectivity index (χ0n) is 10.6. The Morgan fingerprint density at radius 3 is 2.94 bits per heavy atom. The van der Waals surface area contributed by atoms with Crippen LogP contribution in [0.4, 0.5) is 0 Å². The first-order chi connectivity index (χ1) is 8.83. The molecule has 4 nitrogen and oxygen atoms in total. The van der Waals surface area contributed by atoms with Crippen LogP contribution >= 0.6 is 0 Å². The van der Waals surface area contributed by atoms with E-state index in [9.17, 15) is 0 Å². The van der Waals surface area contributed by atoms with Gasteiger partial charge in [-0.3, -0.25) is 0 Å². The van der Waals surface area contributed by atoms with Crippen molar-refractivity contribution in [1.82, 2.24) is 5.32 Å². The zero-order chi connectivity index (χ0) is 12.8. The number of nitrogens with zero attached hydrogens (tertiary/aromatic N) is 1. The van der Waals surface area contributed by atoms with Crippen molar-refractivity contribution in [2.45, 2.75) is 12.5 Å². The summed E-state index contributed by atoms with van der Waals surface area (Å²) in [6.07, 6.45) is 2.78. The van der Waals surface area contributed by atoms with Gasteiger partial charge in [0.1, 0.15) is 11.9 Å². The van der Waals surface area contributed by atoms with E-state index in [0.717, 1.165) is 36.5 Å². The van der Waals surface area contributed by atoms with E-state index < -0.39 is 0 Å². The van der Waals surface area contributed by atoms with Crippen LogP contribution in [-0.4, -0.2) is 32.0 Å². The van der Waals surface area contributed by atoms with Crippen molar-refractivity contribution in [3.63, 3.8) is 0 Å². The predicted molar refractivity (Wildman–Crippen MR) is 72.1 cm³/mol. The molecule has 0 spiro atoms. The van der Waals surface area contributed by atoms with Gasteiger partial charge in [-0.1, -0.05) is 11.2 Å². The standard InChI is InChI=1S/C14H18N2O2/c1-3-8-15-10-13-9-14(16-18-13)11-4-6-12(17-2)7-5-11/h3-7,13,15H,1,8-10H2,2H3/t13-/m1/s1. The first-order valence-electron chi connectivity index (χ1n) is 6.02. The van der Waals surface area contributed by atoms with Crippen molar-refractivity contribution >= 4 is 5.71 Å². The lowest BCUT2D eigenvalue weighted by molar-refractivity contribution is 0.0859. The molecule has 0 fully saturated rings. The van der Waals surface area contributed by atoms with Crippen LogP contribution in [0.5, 0.6) is 5.75 Å². The van der Waals surface area contributed by atoms with Crippen LogP contribution in [-0.2, 0) is 4.84 Å². The van der Waals surface area contributed by atoms with Crippen molar-refractivity contribution in [3.05, 3.63) is 42.5 Å². The van der Waals surface area contributed by atoms with Crippen LogP contribution < -0.4 is 10.1 Å². The fourth-order valence-electron chi connectivity index (χ4n) is 1.84. The second-order valence-corrected chi connectivity index (χ2v) is 4.14. The lowest BCUT2D eigenvalue weighted by Gasteiger charge is -2.07. The number of hydrogen-bond donors (Lipinski definition) is 1. The van der Waals surface area contributed by atoms with Crippen LogP contribution in [0.1, 0.15) is 12.0 Å². The maximum absolute atomic E-state index is 5.38. The second kappa shape index (κ2) is 6.21. The molecule has 1 atom stereocenters. The third-order valence-electron chi connectivity index (χ3n) is 2.82. The molecule has 1 aromatic rings. The number of methoxy groups -OCH3 is 1. The Labute approximate surface area is 107 Å². The summed E-state index contributed by atoms with van der Waals surface area (Å²) < 4.78 is 5.13. The Kier molecular flexibility index (Phi) is 4.36. The normalized spacial score (nSPS) is 18.1. The molecule has 0 radical (unpaired) electrons. The Balaban J connectivity index is 1.89. The average molecular weight is 246 g/mol. The smallest absolute Gasteiger partial charge is 0.145 e. The minimum atomic E-state index is 0.113. The van der Waals surface area contributed by atoms with Gasteiger partial charge in [0.25, 0.3) is 0 Å². The largest absolute Gasteiger partial charge is 0.497 e. The van der Waals surface area contributed by atoms with Crippen molar-refractivity contribution in [3.8, 4) is 5.75 Å². The molecule has 96 valence electrons. The second-order valence-electron chi connectivity index (χ2n) is 4.14. The van der Waals surface area contributed by atoms with Crippen LogP contribution in [0.25, 0.3) is 0 Å². The molecule has 1 heterocycles. The fourth-order valence-corrected chi connectivity index (χ4v) is 1.84. The lowest BCUT2D eigenvalue weighted by atomic mass is 10.0. The summed E-state index contributed by atoms with van der Waals surface area (Å²) in [6.45, 7) is 5.24. The molecule has 0 unspecified atom stereocenters. The van der Waals surface area contributed by atoms with Gasteiger partial charge < -0.3 is 14.9 Å². The quantitative estimate of drug-likeness (QED) is 0.616. The molecule has 0 aromatic heterocycles. The van der Waals surface area contributed by atoms with Gasteiger partial charge in [0, 0.05) is 19.5 Å². The Bertz CT molecular complexity index is 426. The topological polar surface area (TPSA) is 42.8 Å². The molecule has 2 rings (SSSR count). The SMILES string of the molecule is C=CCNC[C@H]1CC(c2ccc(OC)cc2)=NO1. The van der Waals surface area contributed by atoms with Gasteiger partial charge in [0.05, 0.1) is 12.8 Å². The predicted octanol–water partition coefficient (Wildman–Crippen LogP) is 1.96. The summed E-state index contributed by atoms with van der Waals surface area (Å²) in [6, 6.07) is 7.86. The number of oxime groups is 1. The van der Waals surface area contributed by atoms with Crippen LogP contribution in [0, 0.1) is 0 Å². The van der Waals surface area contributed by atoms with E-state index in [0.29, 0.717) is 0 Å². The number of rotatable bonds is 6. The van der Waals surface area contributed by atoms with E-state index in [4.69, 9.17) is 9.57 Å². The molecular formula is C14H18N2O2. The molecule has 0 bridgehead atoms. The van der Waals surface area contributed by atoms with E-state index >= 15 is 0 Å². The molecule has 4 heteroatoms. The third-order valence-corrected chi connectivity index (χ3v) is 2.82. The Hall–Kier alpha value is -1.81. The summed E-state index contributed by atoms with van der Waals surface area (Å²) in [7, 11) is 1.66. The van der Waals surface area contributed by atoms with E-state index in [-0.39, 0.29) is 6.10 Å². The molecule has 1 aromatic carbocycles. The highest BCUT2D eigenvalue weighted by Gasteiger charge is 2.21. The van der Waals surface area contributed by atoms with Gasteiger partial charge in [-0.25, -0.2) is 0 Å². The van der Waals surface area contributed by atoms with Gasteiger partial charge in [-0.15, -0.1) is 6.58 Å². The van der Waals surface area contributed by atoms with Crippen LogP contribution in [0.3, 0.4) is 0 Å². The highest BCUT2D eigenvalue weighted by atomic mass is 16.6. The molecule has 1 N–H and O–H groups in total. The van der Waals surface area contributed by atoms with Crippen molar-refractivity contribution in [2.24, 2.45) is 5.16 Å². The van der Waals surface area contributed by atoms with Crippen molar-refractivity contribution in [2.75, 3.05) is 20.2 Å². The van der Waals surface area contributed by atoms with E-state index in [1.54, 1.807) is 7.11 Å². The fraction of sp³-hybridized carbons (Fsp3) is 0.357. The van der Waals surface area contributed by atoms with Crippen LogP contribution in [0.15, 0.2) is 42.1 Å². The summed E-state index contributed by atoms with van der Waals surface area (Å²) in [5.41, 5.74) is 2.07. The lowest BCUT2D eigenvalue weighted by Crippen LogP contribution is -2.27. The molecule has 0 amide bonds. The maximum atomic E-state index is 5.38. The number of ether oxygens (including phenoxy) is 1. The van der Waals surface area contributed by atoms with Gasteiger partial charge in [0.15, 0.2) is 0 Å². The molecule has 1 aliphatic rings. The Morgan fingerprint density at radius 2 is 2.28 bits per heavy atom. The van der Waals surface area contributed by atoms with Gasteiger partial charge >= 0.3 is 0 Å². The molecule has 1 aliphatic heterocycles. The van der Waals surface area contributed by atoms with Crippen molar-refractivity contribution in [1.29, 1.82) is 0 Å². The van der Waals surface area contributed by atoms with Crippen LogP contribution in [0.2, 0.25) is 0 Å². The summed E-state index contributed by atoms with van der Waals surface area (Å²) in [5, 5.41) is 7.36. The van der Waals surface area contributed by atoms with E-state index in [1.165, 1.54) is 0 Å². The first-order valence-corrected chi connectivity index (χ1v) is 6.02. The number of benzene rings is 1. The highest BCUT2D eigenvalue weighted by molar-refractivity contribution is 6.01. The van der Waals surface area contributed by atoms with Gasteiger partial charge in [0.2, 0.25) is 0 Å². The monoisotopic (exact) mass is 246 g/mol. The first kappa shape index (κ1) is 12.6. The Morgan fingerprint density at radius 1 is 1.50 bits per heavy atom. The molecule has 18 heavy (non-hydrogen) atoms. The van der Waals surface area contributed by atoms with Crippen molar-refractivity contribution < 1.29 is 9.57 Å². The molecule has 0 aliphatic carbocycles. The molecule has 0 saturated heterocycles. The maximum Gasteiger partial charge on any atom is 0.145 e. The summed E-state index contributed by atoms with van der Waals surface area (Å²) in [5.74, 6) is 0.850. The summed E-state index contributed by atoms with van der Waals surface area (Å²) in [4.78, 5) is 5.38. The zero-order valence-corrected chi connectivity index (χ0v) is 10.6. The van der Waals surface area contributed by atoms with E-state index in [1.807, 2.05) is 30.3 Å². The molecular weight excluding hydrogens is 228 g/mol. The number of nitrogens with one attached hydrogen (secondary N) is 1. The average Bonchev–Trinajstić information content (AvgIpc) is 2.88. The molecule has 0 saturated carbocycles. The summed E-state index contributed by atoms with van der Waals surface area (Å²) >= 11 is 0. The van der Waals surface area contributed by atoms with Gasteiger partial charge in [-0.05, 0) is 29.8 Å².